The van der Waals surface area contributed by atoms with Crippen molar-refractivity contribution >= 4 is 18.4 Å². The Labute approximate surface area is 147 Å². The molecular weight excluding hydrogens is 336 g/mol. The van der Waals surface area contributed by atoms with E-state index in [2.05, 4.69) is 20.6 Å². The van der Waals surface area contributed by atoms with E-state index < -0.39 is 17.6 Å². The maximum Gasteiger partial charge on any atom is 0.315 e. The second kappa shape index (κ2) is 9.00. The molecule has 8 nitrogen and oxygen atoms in total. The number of amides is 2. The van der Waals surface area contributed by atoms with Crippen LogP contribution in [-0.4, -0.2) is 57.6 Å². The van der Waals surface area contributed by atoms with Crippen molar-refractivity contribution < 1.29 is 19.7 Å². The van der Waals surface area contributed by atoms with E-state index in [1.165, 1.54) is 12.4 Å². The highest BCUT2D eigenvalue weighted by molar-refractivity contribution is 5.85. The molecule has 0 radical (unpaired) electrons. The Kier molecular flexibility index (Phi) is 7.65. The van der Waals surface area contributed by atoms with Crippen LogP contribution in [0.25, 0.3) is 0 Å². The molecule has 0 spiro atoms. The van der Waals surface area contributed by atoms with Crippen molar-refractivity contribution in [3.63, 3.8) is 0 Å². The summed E-state index contributed by atoms with van der Waals surface area (Å²) < 4.78 is 5.64. The van der Waals surface area contributed by atoms with Gasteiger partial charge < -0.3 is 25.6 Å². The number of hydrogen-bond acceptors (Lipinski definition) is 6. The maximum absolute atomic E-state index is 11.8. The van der Waals surface area contributed by atoms with Crippen LogP contribution in [0.5, 0.6) is 5.88 Å². The van der Waals surface area contributed by atoms with Gasteiger partial charge >= 0.3 is 6.03 Å². The van der Waals surface area contributed by atoms with Crippen LogP contribution < -0.4 is 15.4 Å². The van der Waals surface area contributed by atoms with Crippen molar-refractivity contribution in [3.05, 3.63) is 18.6 Å². The highest BCUT2D eigenvalue weighted by atomic mass is 35.5. The highest BCUT2D eigenvalue weighted by Crippen LogP contribution is 2.38. The summed E-state index contributed by atoms with van der Waals surface area (Å²) in [6.45, 7) is 4.26. The third kappa shape index (κ3) is 5.77. The molecule has 0 bridgehead atoms. The zero-order valence-corrected chi connectivity index (χ0v) is 14.6. The van der Waals surface area contributed by atoms with Crippen LogP contribution in [0.15, 0.2) is 18.6 Å². The molecule has 1 unspecified atom stereocenters. The molecule has 1 heterocycles. The lowest BCUT2D eigenvalue weighted by Gasteiger charge is -2.29. The number of nitrogens with one attached hydrogen (secondary N) is 2. The predicted molar refractivity (Wildman–Crippen MR) is 90.1 cm³/mol. The Balaban J connectivity index is 0.00000288. The van der Waals surface area contributed by atoms with Gasteiger partial charge in [0, 0.05) is 30.4 Å². The molecule has 136 valence electrons. The Bertz CT molecular complexity index is 507. The van der Waals surface area contributed by atoms with Crippen LogP contribution in [0, 0.1) is 5.41 Å². The van der Waals surface area contributed by atoms with Crippen LogP contribution in [0.2, 0.25) is 0 Å². The number of rotatable bonds is 6. The molecule has 0 aliphatic heterocycles. The molecule has 3 atom stereocenters. The summed E-state index contributed by atoms with van der Waals surface area (Å²) in [6, 6.07) is -0.253. The summed E-state index contributed by atoms with van der Waals surface area (Å²) in [7, 11) is 0. The van der Waals surface area contributed by atoms with Crippen molar-refractivity contribution in [1.29, 1.82) is 0 Å². The van der Waals surface area contributed by atoms with Crippen molar-refractivity contribution in [3.8, 4) is 5.88 Å². The van der Waals surface area contributed by atoms with Gasteiger partial charge in [0.25, 0.3) is 0 Å². The van der Waals surface area contributed by atoms with Gasteiger partial charge in [0.05, 0.1) is 25.0 Å². The van der Waals surface area contributed by atoms with Crippen LogP contribution in [0.3, 0.4) is 0 Å². The molecule has 2 rings (SSSR count). The van der Waals surface area contributed by atoms with Gasteiger partial charge in [0.1, 0.15) is 0 Å². The third-order valence-corrected chi connectivity index (χ3v) is 3.84. The van der Waals surface area contributed by atoms with E-state index in [0.717, 1.165) is 0 Å². The summed E-state index contributed by atoms with van der Waals surface area (Å²) in [5.74, 6) is 0.370. The Morgan fingerprint density at radius 3 is 2.58 bits per heavy atom. The number of urea groups is 1. The first kappa shape index (κ1) is 20.4. The van der Waals surface area contributed by atoms with Crippen LogP contribution in [0.4, 0.5) is 4.79 Å². The van der Waals surface area contributed by atoms with Crippen molar-refractivity contribution in [1.82, 2.24) is 20.6 Å². The summed E-state index contributed by atoms with van der Waals surface area (Å²) in [5.41, 5.74) is -0.551. The van der Waals surface area contributed by atoms with Crippen molar-refractivity contribution in [2.45, 2.75) is 44.9 Å². The van der Waals surface area contributed by atoms with Crippen molar-refractivity contribution in [2.75, 3.05) is 13.2 Å². The molecule has 1 aliphatic carbocycles. The fraction of sp³-hybridized carbons (Fsp3) is 0.667. The lowest BCUT2D eigenvalue weighted by Crippen LogP contribution is -2.46. The zero-order valence-electron chi connectivity index (χ0n) is 13.8. The minimum absolute atomic E-state index is 0. The monoisotopic (exact) mass is 360 g/mol. The predicted octanol–water partition coefficient (Wildman–Crippen LogP) is 0.487. The first-order valence-corrected chi connectivity index (χ1v) is 7.69. The molecule has 9 heteroatoms. The SMILES string of the molecule is CC(C)NC(=O)NCC1(COc2cnccn2)C[C@@H](O)[C@@H](O)C1.Cl. The number of aliphatic hydroxyl groups is 2. The average Bonchev–Trinajstić information content (AvgIpc) is 2.79. The van der Waals surface area contributed by atoms with E-state index in [-0.39, 0.29) is 31.1 Å². The topological polar surface area (TPSA) is 117 Å². The van der Waals surface area contributed by atoms with Gasteiger partial charge in [-0.1, -0.05) is 0 Å². The highest BCUT2D eigenvalue weighted by Gasteiger charge is 2.45. The van der Waals surface area contributed by atoms with E-state index in [4.69, 9.17) is 4.74 Å². The minimum atomic E-state index is -0.824. The molecule has 0 saturated heterocycles. The van der Waals surface area contributed by atoms with Gasteiger partial charge in [0.2, 0.25) is 5.88 Å². The van der Waals surface area contributed by atoms with Crippen LogP contribution in [0.1, 0.15) is 26.7 Å². The summed E-state index contributed by atoms with van der Waals surface area (Å²) in [4.78, 5) is 19.7. The fourth-order valence-corrected chi connectivity index (χ4v) is 2.72. The van der Waals surface area contributed by atoms with Gasteiger partial charge in [-0.25, -0.2) is 9.78 Å². The molecular formula is C15H25ClN4O4. The van der Waals surface area contributed by atoms with Crippen LogP contribution >= 0.6 is 12.4 Å². The van der Waals surface area contributed by atoms with E-state index in [0.29, 0.717) is 25.3 Å². The molecule has 1 aliphatic rings. The smallest absolute Gasteiger partial charge is 0.315 e. The molecule has 1 aromatic heterocycles. The second-order valence-electron chi connectivity index (χ2n) is 6.36. The number of halogens is 1. The number of aromatic nitrogens is 2. The standard InChI is InChI=1S/C15H24N4O4.ClH/c1-10(2)19-14(22)18-8-15(5-11(20)12(21)6-15)9-23-13-7-16-3-4-17-13;/h3-4,7,10-12,20-21H,5-6,8-9H2,1-2H3,(H2,18,19,22);1H/t11-,12+,15?;. The first-order chi connectivity index (χ1) is 10.9. The van der Waals surface area contributed by atoms with Gasteiger partial charge in [-0.15, -0.1) is 12.4 Å². The normalized spacial score (nSPS) is 25.9. The summed E-state index contributed by atoms with van der Waals surface area (Å²) in [5, 5.41) is 25.3. The molecule has 2 amide bonds. The van der Waals surface area contributed by atoms with E-state index >= 15 is 0 Å². The number of nitrogens with zero attached hydrogens (tertiary/aromatic N) is 2. The Hall–Kier alpha value is -1.64. The van der Waals surface area contributed by atoms with E-state index in [9.17, 15) is 15.0 Å². The summed E-state index contributed by atoms with van der Waals surface area (Å²) >= 11 is 0. The number of carbonyl (C=O) groups excluding carboxylic acids is 1. The molecule has 4 N–H and O–H groups in total. The second-order valence-corrected chi connectivity index (χ2v) is 6.36. The van der Waals surface area contributed by atoms with E-state index in [1.807, 2.05) is 13.8 Å². The van der Waals surface area contributed by atoms with Gasteiger partial charge in [-0.05, 0) is 26.7 Å². The molecule has 0 aromatic carbocycles. The number of ether oxygens (including phenoxy) is 1. The number of hydrogen-bond donors (Lipinski definition) is 4. The fourth-order valence-electron chi connectivity index (χ4n) is 2.72. The largest absolute Gasteiger partial charge is 0.476 e. The van der Waals surface area contributed by atoms with Gasteiger partial charge in [-0.3, -0.25) is 4.98 Å². The maximum atomic E-state index is 11.8. The van der Waals surface area contributed by atoms with Crippen LogP contribution in [-0.2, 0) is 0 Å². The minimum Gasteiger partial charge on any atom is -0.476 e. The average molecular weight is 361 g/mol. The summed E-state index contributed by atoms with van der Waals surface area (Å²) in [6.07, 6.45) is 3.60. The quantitative estimate of drug-likeness (QED) is 0.586. The molecule has 1 fully saturated rings. The lowest BCUT2D eigenvalue weighted by atomic mass is 9.86. The number of aliphatic hydroxyl groups excluding tert-OH is 2. The Morgan fingerprint density at radius 1 is 1.38 bits per heavy atom. The van der Waals surface area contributed by atoms with Gasteiger partial charge in [0.15, 0.2) is 0 Å². The van der Waals surface area contributed by atoms with Gasteiger partial charge in [-0.2, -0.15) is 0 Å². The first-order valence-electron chi connectivity index (χ1n) is 7.69. The van der Waals surface area contributed by atoms with Crippen molar-refractivity contribution in [2.24, 2.45) is 5.41 Å². The molecule has 1 saturated carbocycles. The third-order valence-electron chi connectivity index (χ3n) is 3.84. The molecule has 1 aromatic rings. The zero-order chi connectivity index (χ0) is 16.9. The number of carbonyl (C=O) groups is 1. The Morgan fingerprint density at radius 2 is 2.04 bits per heavy atom. The lowest BCUT2D eigenvalue weighted by molar-refractivity contribution is 0.0438. The molecule has 24 heavy (non-hydrogen) atoms. The van der Waals surface area contributed by atoms with E-state index in [1.54, 1.807) is 6.20 Å².